The van der Waals surface area contributed by atoms with E-state index in [1.807, 2.05) is 6.92 Å². The fourth-order valence-electron chi connectivity index (χ4n) is 2.20. The highest BCUT2D eigenvalue weighted by atomic mass is 32.2. The number of sulfone groups is 1. The number of benzene rings is 1. The van der Waals surface area contributed by atoms with Crippen LogP contribution in [0.1, 0.15) is 6.92 Å². The van der Waals surface area contributed by atoms with E-state index in [1.54, 1.807) is 12.1 Å². The van der Waals surface area contributed by atoms with Crippen LogP contribution in [0, 0.1) is 11.8 Å². The lowest BCUT2D eigenvalue weighted by molar-refractivity contribution is -0.120. The maximum atomic E-state index is 12.1. The van der Waals surface area contributed by atoms with Crippen LogP contribution in [0.25, 0.3) is 0 Å². The minimum Gasteiger partial charge on any atom is -0.326 e. The first-order valence-corrected chi connectivity index (χ1v) is 8.09. The van der Waals surface area contributed by atoms with Gasteiger partial charge in [0.15, 0.2) is 9.84 Å². The zero-order chi connectivity index (χ0) is 14.0. The summed E-state index contributed by atoms with van der Waals surface area (Å²) in [6.07, 6.45) is 1.15. The van der Waals surface area contributed by atoms with E-state index in [-0.39, 0.29) is 22.6 Å². The van der Waals surface area contributed by atoms with Gasteiger partial charge in [-0.2, -0.15) is 0 Å². The smallest absolute Gasteiger partial charge is 0.229 e. The standard InChI is InChI=1S/C13H18N2O3S/c1-9-7-14-8-12(9)13(16)15-10-4-3-5-11(6-10)19(2,17)18/h3-6,9,12,14H,7-8H2,1-2H3,(H,15,16)/t9-,12-/m1/s1. The molecular formula is C13H18N2O3S. The van der Waals surface area contributed by atoms with E-state index in [0.717, 1.165) is 12.8 Å². The Morgan fingerprint density at radius 2 is 2.11 bits per heavy atom. The van der Waals surface area contributed by atoms with Crippen LogP contribution in [0.5, 0.6) is 0 Å². The van der Waals surface area contributed by atoms with Gasteiger partial charge in [-0.15, -0.1) is 0 Å². The SMILES string of the molecule is C[C@@H]1CNC[C@H]1C(=O)Nc1cccc(S(C)(=O)=O)c1. The van der Waals surface area contributed by atoms with Crippen LogP contribution in [0.15, 0.2) is 29.2 Å². The number of anilines is 1. The molecule has 2 rings (SSSR count). The Kier molecular flexibility index (Phi) is 3.91. The topological polar surface area (TPSA) is 75.3 Å². The molecule has 1 aliphatic rings. The minimum absolute atomic E-state index is 0.0665. The Morgan fingerprint density at radius 1 is 1.37 bits per heavy atom. The summed E-state index contributed by atoms with van der Waals surface area (Å²) >= 11 is 0. The average Bonchev–Trinajstić information content (AvgIpc) is 2.75. The quantitative estimate of drug-likeness (QED) is 0.863. The lowest BCUT2D eigenvalue weighted by Crippen LogP contribution is -2.27. The highest BCUT2D eigenvalue weighted by Crippen LogP contribution is 2.20. The summed E-state index contributed by atoms with van der Waals surface area (Å²) in [5.74, 6) is 0.156. The highest BCUT2D eigenvalue weighted by molar-refractivity contribution is 7.90. The number of nitrogens with one attached hydrogen (secondary N) is 2. The van der Waals surface area contributed by atoms with Crippen molar-refractivity contribution in [2.45, 2.75) is 11.8 Å². The number of amides is 1. The molecule has 19 heavy (non-hydrogen) atoms. The number of carbonyl (C=O) groups excluding carboxylic acids is 1. The fraction of sp³-hybridized carbons (Fsp3) is 0.462. The summed E-state index contributed by atoms with van der Waals surface area (Å²) in [5, 5.41) is 5.95. The summed E-state index contributed by atoms with van der Waals surface area (Å²) in [7, 11) is -3.25. The maximum absolute atomic E-state index is 12.1. The number of hydrogen-bond acceptors (Lipinski definition) is 4. The molecule has 1 amide bonds. The molecule has 2 atom stereocenters. The summed E-state index contributed by atoms with van der Waals surface area (Å²) in [5.41, 5.74) is 0.520. The predicted octanol–water partition coefficient (Wildman–Crippen LogP) is 0.884. The predicted molar refractivity (Wildman–Crippen MR) is 73.7 cm³/mol. The molecule has 1 saturated heterocycles. The van der Waals surface area contributed by atoms with Gasteiger partial charge in [-0.3, -0.25) is 4.79 Å². The van der Waals surface area contributed by atoms with Crippen molar-refractivity contribution in [3.63, 3.8) is 0 Å². The minimum atomic E-state index is -3.25. The van der Waals surface area contributed by atoms with Gasteiger partial charge in [0.05, 0.1) is 10.8 Å². The molecule has 0 saturated carbocycles. The first-order valence-electron chi connectivity index (χ1n) is 6.19. The second-order valence-corrected chi connectivity index (χ2v) is 7.05. The van der Waals surface area contributed by atoms with Crippen molar-refractivity contribution >= 4 is 21.4 Å². The lowest BCUT2D eigenvalue weighted by Gasteiger charge is -2.14. The third-order valence-electron chi connectivity index (χ3n) is 3.38. The van der Waals surface area contributed by atoms with E-state index in [2.05, 4.69) is 10.6 Å². The first-order chi connectivity index (χ1) is 8.88. The van der Waals surface area contributed by atoms with Crippen molar-refractivity contribution in [1.29, 1.82) is 0 Å². The van der Waals surface area contributed by atoms with E-state index in [4.69, 9.17) is 0 Å². The molecule has 6 heteroatoms. The van der Waals surface area contributed by atoms with Crippen molar-refractivity contribution in [3.05, 3.63) is 24.3 Å². The largest absolute Gasteiger partial charge is 0.326 e. The van der Waals surface area contributed by atoms with E-state index in [9.17, 15) is 13.2 Å². The van der Waals surface area contributed by atoms with Crippen LogP contribution in [-0.4, -0.2) is 33.7 Å². The molecule has 0 spiro atoms. The fourth-order valence-corrected chi connectivity index (χ4v) is 2.87. The van der Waals surface area contributed by atoms with Gasteiger partial charge >= 0.3 is 0 Å². The Labute approximate surface area is 113 Å². The molecule has 104 valence electrons. The summed E-state index contributed by atoms with van der Waals surface area (Å²) in [4.78, 5) is 12.3. The van der Waals surface area contributed by atoms with Gasteiger partial charge in [-0.25, -0.2) is 8.42 Å². The van der Waals surface area contributed by atoms with Gasteiger partial charge in [0.1, 0.15) is 0 Å². The highest BCUT2D eigenvalue weighted by Gasteiger charge is 2.29. The van der Waals surface area contributed by atoms with Gasteiger partial charge in [0, 0.05) is 18.5 Å². The Morgan fingerprint density at radius 3 is 2.68 bits per heavy atom. The summed E-state index contributed by atoms with van der Waals surface area (Å²) < 4.78 is 22.9. The summed E-state index contributed by atoms with van der Waals surface area (Å²) in [6, 6.07) is 6.33. The van der Waals surface area contributed by atoms with Gasteiger partial charge in [-0.1, -0.05) is 13.0 Å². The van der Waals surface area contributed by atoms with E-state index >= 15 is 0 Å². The van der Waals surface area contributed by atoms with Gasteiger partial charge in [0.25, 0.3) is 0 Å². The molecule has 1 aromatic carbocycles. The number of rotatable bonds is 3. The molecule has 5 nitrogen and oxygen atoms in total. The third kappa shape index (κ3) is 3.33. The van der Waals surface area contributed by atoms with Crippen LogP contribution in [0.2, 0.25) is 0 Å². The Bertz CT molecular complexity index is 583. The summed E-state index contributed by atoms with van der Waals surface area (Å²) in [6.45, 7) is 3.53. The Balaban J connectivity index is 2.13. The first kappa shape index (κ1) is 14.0. The van der Waals surface area contributed by atoms with Crippen molar-refractivity contribution < 1.29 is 13.2 Å². The zero-order valence-electron chi connectivity index (χ0n) is 11.0. The molecule has 1 aromatic rings. The average molecular weight is 282 g/mol. The van der Waals surface area contributed by atoms with E-state index in [1.165, 1.54) is 12.1 Å². The molecule has 0 aliphatic carbocycles. The molecule has 0 radical (unpaired) electrons. The van der Waals surface area contributed by atoms with Crippen LogP contribution in [-0.2, 0) is 14.6 Å². The van der Waals surface area contributed by atoms with Crippen molar-refractivity contribution in [3.8, 4) is 0 Å². The van der Waals surface area contributed by atoms with E-state index < -0.39 is 9.84 Å². The number of hydrogen-bond donors (Lipinski definition) is 2. The van der Waals surface area contributed by atoms with Gasteiger partial charge in [0.2, 0.25) is 5.91 Å². The molecule has 0 aromatic heterocycles. The second kappa shape index (κ2) is 5.30. The molecule has 2 N–H and O–H groups in total. The lowest BCUT2D eigenvalue weighted by atomic mass is 9.97. The van der Waals surface area contributed by atoms with Crippen LogP contribution >= 0.6 is 0 Å². The number of carbonyl (C=O) groups is 1. The van der Waals surface area contributed by atoms with Crippen molar-refractivity contribution in [1.82, 2.24) is 5.32 Å². The Hall–Kier alpha value is -1.40. The van der Waals surface area contributed by atoms with E-state index in [0.29, 0.717) is 12.2 Å². The zero-order valence-corrected chi connectivity index (χ0v) is 11.8. The van der Waals surface area contributed by atoms with Gasteiger partial charge < -0.3 is 10.6 Å². The molecule has 1 aliphatic heterocycles. The van der Waals surface area contributed by atoms with Gasteiger partial charge in [-0.05, 0) is 30.7 Å². The monoisotopic (exact) mass is 282 g/mol. The van der Waals surface area contributed by atoms with Crippen LogP contribution in [0.4, 0.5) is 5.69 Å². The molecule has 1 heterocycles. The maximum Gasteiger partial charge on any atom is 0.229 e. The molecular weight excluding hydrogens is 264 g/mol. The van der Waals surface area contributed by atoms with Crippen LogP contribution in [0.3, 0.4) is 0 Å². The second-order valence-electron chi connectivity index (χ2n) is 5.03. The molecule has 1 fully saturated rings. The van der Waals surface area contributed by atoms with Crippen LogP contribution < -0.4 is 10.6 Å². The normalized spacial score (nSPS) is 23.3. The molecule has 0 bridgehead atoms. The third-order valence-corrected chi connectivity index (χ3v) is 4.49. The van der Waals surface area contributed by atoms with Crippen molar-refractivity contribution in [2.24, 2.45) is 11.8 Å². The molecule has 0 unspecified atom stereocenters. The van der Waals surface area contributed by atoms with Crippen molar-refractivity contribution in [2.75, 3.05) is 24.7 Å².